The van der Waals surface area contributed by atoms with E-state index < -0.39 is 5.72 Å². The van der Waals surface area contributed by atoms with Gasteiger partial charge in [0.05, 0.1) is 0 Å². The average Bonchev–Trinajstić information content (AvgIpc) is 2.69. The van der Waals surface area contributed by atoms with Crippen LogP contribution in [0.3, 0.4) is 0 Å². The Balaban J connectivity index is 1.99. The molecule has 0 bridgehead atoms. The van der Waals surface area contributed by atoms with E-state index in [0.29, 0.717) is 5.76 Å². The van der Waals surface area contributed by atoms with E-state index in [-0.39, 0.29) is 0 Å². The van der Waals surface area contributed by atoms with E-state index in [4.69, 9.17) is 4.74 Å². The maximum absolute atomic E-state index is 9.29. The van der Waals surface area contributed by atoms with E-state index in [0.717, 1.165) is 22.3 Å². The second-order valence-electron chi connectivity index (χ2n) is 5.76. The Morgan fingerprint density at radius 1 is 0.800 bits per heavy atom. The number of fused-ring (bicyclic) bond motifs is 1. The Morgan fingerprint density at radius 2 is 1.44 bits per heavy atom. The van der Waals surface area contributed by atoms with E-state index in [1.54, 1.807) is 0 Å². The van der Waals surface area contributed by atoms with Gasteiger partial charge in [-0.15, -0.1) is 0 Å². The zero-order valence-electron chi connectivity index (χ0n) is 13.4. The molecular weight excluding hydrogens is 310 g/mol. The molecule has 4 heteroatoms. The number of rotatable bonds is 3. The molecular formula is C21H15N3O. The molecule has 1 heterocycles. The van der Waals surface area contributed by atoms with Gasteiger partial charge in [0.2, 0.25) is 5.72 Å². The van der Waals surface area contributed by atoms with Gasteiger partial charge in [0.15, 0.2) is 0 Å². The van der Waals surface area contributed by atoms with Gasteiger partial charge < -0.3 is 4.74 Å². The third-order valence-electron chi connectivity index (χ3n) is 4.28. The van der Waals surface area contributed by atoms with Crippen LogP contribution >= 0.6 is 0 Å². The molecule has 0 amide bonds. The maximum Gasteiger partial charge on any atom is 0.238 e. The highest BCUT2D eigenvalue weighted by Gasteiger charge is 2.40. The van der Waals surface area contributed by atoms with Crippen molar-refractivity contribution < 1.29 is 4.74 Å². The van der Waals surface area contributed by atoms with Crippen LogP contribution in [0, 0.1) is 0 Å². The van der Waals surface area contributed by atoms with Gasteiger partial charge >= 0.3 is 0 Å². The molecule has 3 aromatic carbocycles. The molecule has 0 fully saturated rings. The van der Waals surface area contributed by atoms with Crippen molar-refractivity contribution in [2.75, 3.05) is 0 Å². The Labute approximate surface area is 145 Å². The van der Waals surface area contributed by atoms with E-state index >= 15 is 0 Å². The monoisotopic (exact) mass is 325 g/mol. The summed E-state index contributed by atoms with van der Waals surface area (Å²) in [6.45, 7) is 0. The van der Waals surface area contributed by atoms with Crippen molar-refractivity contribution in [3.63, 3.8) is 0 Å². The minimum atomic E-state index is -1.23. The van der Waals surface area contributed by atoms with Crippen LogP contribution in [0.1, 0.15) is 22.3 Å². The highest BCUT2D eigenvalue weighted by Crippen LogP contribution is 2.45. The number of hydrogen-bond donors (Lipinski definition) is 0. The largest absolute Gasteiger partial charge is 0.471 e. The zero-order valence-corrected chi connectivity index (χ0v) is 13.4. The highest BCUT2D eigenvalue weighted by molar-refractivity contribution is 5.81. The molecule has 0 saturated heterocycles. The fraction of sp³-hybridized carbons (Fsp3) is 0.0476. The Morgan fingerprint density at radius 3 is 2.16 bits per heavy atom. The second kappa shape index (κ2) is 6.19. The summed E-state index contributed by atoms with van der Waals surface area (Å²) in [7, 11) is 0. The first kappa shape index (κ1) is 15.1. The fourth-order valence-electron chi connectivity index (χ4n) is 3.13. The minimum Gasteiger partial charge on any atom is -0.471 e. The molecule has 0 aromatic heterocycles. The normalized spacial score (nSPS) is 18.3. The van der Waals surface area contributed by atoms with E-state index in [1.165, 1.54) is 0 Å². The first-order valence-corrected chi connectivity index (χ1v) is 8.01. The first-order valence-electron chi connectivity index (χ1n) is 8.01. The topological polar surface area (TPSA) is 58.0 Å². The van der Waals surface area contributed by atoms with Crippen molar-refractivity contribution in [2.24, 2.45) is 5.11 Å². The molecule has 0 aliphatic carbocycles. The van der Waals surface area contributed by atoms with Gasteiger partial charge in [0, 0.05) is 21.6 Å². The summed E-state index contributed by atoms with van der Waals surface area (Å²) < 4.78 is 6.35. The summed E-state index contributed by atoms with van der Waals surface area (Å²) >= 11 is 0. The van der Waals surface area contributed by atoms with Crippen LogP contribution in [0.5, 0.6) is 0 Å². The number of hydrogen-bond acceptors (Lipinski definition) is 2. The third kappa shape index (κ3) is 2.55. The summed E-state index contributed by atoms with van der Waals surface area (Å²) in [6.07, 6.45) is 1.98. The molecule has 4 rings (SSSR count). The van der Waals surface area contributed by atoms with Gasteiger partial charge in [-0.25, -0.2) is 0 Å². The van der Waals surface area contributed by atoms with Crippen molar-refractivity contribution >= 4 is 11.8 Å². The standard InChI is InChI=1S/C21H15N3O/c22-24-23-21(18-12-5-2-6-13-18)19-14-8-7-11-17(19)15-20(25-21)16-9-3-1-4-10-16/h1-15H. The summed E-state index contributed by atoms with van der Waals surface area (Å²) in [6, 6.07) is 27.2. The third-order valence-corrected chi connectivity index (χ3v) is 4.28. The number of benzene rings is 3. The van der Waals surface area contributed by atoms with Gasteiger partial charge in [-0.2, -0.15) is 0 Å². The van der Waals surface area contributed by atoms with Crippen molar-refractivity contribution in [2.45, 2.75) is 5.72 Å². The van der Waals surface area contributed by atoms with E-state index in [1.807, 2.05) is 91.0 Å². The molecule has 1 aliphatic rings. The summed E-state index contributed by atoms with van der Waals surface area (Å²) in [5.41, 5.74) is 11.6. The van der Waals surface area contributed by atoms with Crippen LogP contribution in [0.4, 0.5) is 0 Å². The molecule has 120 valence electrons. The highest BCUT2D eigenvalue weighted by atomic mass is 16.5. The van der Waals surface area contributed by atoms with Crippen LogP contribution in [-0.2, 0) is 10.5 Å². The predicted molar refractivity (Wildman–Crippen MR) is 98.2 cm³/mol. The molecule has 0 radical (unpaired) electrons. The van der Waals surface area contributed by atoms with Gasteiger partial charge in [-0.05, 0) is 22.3 Å². The van der Waals surface area contributed by atoms with Crippen LogP contribution in [0.15, 0.2) is 90.0 Å². The SMILES string of the molecule is [N-]=[N+]=NC1(c2ccccc2)OC(c2ccccc2)=Cc2ccccc21. The lowest BCUT2D eigenvalue weighted by Gasteiger charge is -2.36. The Bertz CT molecular complexity index is 976. The summed E-state index contributed by atoms with van der Waals surface area (Å²) in [5.74, 6) is 0.676. The van der Waals surface area contributed by atoms with E-state index in [2.05, 4.69) is 10.0 Å². The molecule has 0 spiro atoms. The number of ether oxygens (including phenoxy) is 1. The average molecular weight is 325 g/mol. The van der Waals surface area contributed by atoms with Crippen LogP contribution < -0.4 is 0 Å². The fourth-order valence-corrected chi connectivity index (χ4v) is 3.13. The summed E-state index contributed by atoms with van der Waals surface area (Å²) in [4.78, 5) is 3.11. The lowest BCUT2D eigenvalue weighted by atomic mass is 9.88. The second-order valence-corrected chi connectivity index (χ2v) is 5.76. The molecule has 0 N–H and O–H groups in total. The molecule has 1 atom stereocenters. The van der Waals surface area contributed by atoms with Crippen molar-refractivity contribution in [1.82, 2.24) is 0 Å². The Hall–Kier alpha value is -3.49. The smallest absolute Gasteiger partial charge is 0.238 e. The zero-order chi connectivity index (χ0) is 17.1. The van der Waals surface area contributed by atoms with Crippen molar-refractivity contribution in [3.8, 4) is 0 Å². The molecule has 25 heavy (non-hydrogen) atoms. The maximum atomic E-state index is 9.29. The van der Waals surface area contributed by atoms with Gasteiger partial charge in [0.25, 0.3) is 0 Å². The van der Waals surface area contributed by atoms with Crippen molar-refractivity contribution in [3.05, 3.63) is 118 Å². The Kier molecular flexibility index (Phi) is 3.73. The lowest BCUT2D eigenvalue weighted by Crippen LogP contribution is -2.31. The molecule has 3 aromatic rings. The molecule has 1 unspecified atom stereocenters. The number of nitrogens with zero attached hydrogens (tertiary/aromatic N) is 3. The molecule has 4 nitrogen and oxygen atoms in total. The molecule has 0 saturated carbocycles. The van der Waals surface area contributed by atoms with Gasteiger partial charge in [-0.3, -0.25) is 0 Å². The quantitative estimate of drug-likeness (QED) is 0.345. The first-order chi connectivity index (χ1) is 12.3. The molecule has 1 aliphatic heterocycles. The van der Waals surface area contributed by atoms with Crippen molar-refractivity contribution in [1.29, 1.82) is 0 Å². The summed E-state index contributed by atoms with van der Waals surface area (Å²) in [5, 5.41) is 4.12. The predicted octanol–water partition coefficient (Wildman–Crippen LogP) is 5.73. The van der Waals surface area contributed by atoms with Crippen LogP contribution in [-0.4, -0.2) is 0 Å². The minimum absolute atomic E-state index is 0.676. The van der Waals surface area contributed by atoms with Crippen LogP contribution in [0.25, 0.3) is 22.3 Å². The number of azide groups is 1. The lowest BCUT2D eigenvalue weighted by molar-refractivity contribution is 0.0826. The van der Waals surface area contributed by atoms with E-state index in [9.17, 15) is 5.53 Å². The van der Waals surface area contributed by atoms with Gasteiger partial charge in [-0.1, -0.05) is 84.9 Å². The van der Waals surface area contributed by atoms with Crippen LogP contribution in [0.2, 0.25) is 0 Å². The van der Waals surface area contributed by atoms with Gasteiger partial charge in [0.1, 0.15) is 5.76 Å².